The summed E-state index contributed by atoms with van der Waals surface area (Å²) in [5.41, 5.74) is -0.600. The quantitative estimate of drug-likeness (QED) is 0.507. The highest BCUT2D eigenvalue weighted by Crippen LogP contribution is 2.29. The molecule has 0 saturated carbocycles. The first-order chi connectivity index (χ1) is 9.66. The van der Waals surface area contributed by atoms with Gasteiger partial charge in [-0.2, -0.15) is 13.2 Å². The standard InChI is InChI=1S/C11H4ClF6N3/c12-8-3-9(21-10(20-8)11(16,17)18)19-7-2-5(14)4(13)1-6(7)15/h1-3H,(H,19,20,21). The molecule has 0 saturated heterocycles. The van der Waals surface area contributed by atoms with Gasteiger partial charge in [-0.1, -0.05) is 11.6 Å². The van der Waals surface area contributed by atoms with E-state index in [2.05, 4.69) is 15.3 Å². The Kier molecular flexibility index (Phi) is 3.95. The summed E-state index contributed by atoms with van der Waals surface area (Å²) in [5, 5.41) is 1.52. The predicted molar refractivity (Wildman–Crippen MR) is 61.6 cm³/mol. The Morgan fingerprint density at radius 1 is 0.905 bits per heavy atom. The Balaban J connectivity index is 2.40. The lowest BCUT2D eigenvalue weighted by Crippen LogP contribution is -2.12. The number of nitrogens with zero attached hydrogens (tertiary/aromatic N) is 2. The van der Waals surface area contributed by atoms with Crippen molar-refractivity contribution >= 4 is 23.1 Å². The van der Waals surface area contributed by atoms with Gasteiger partial charge in [0.15, 0.2) is 11.6 Å². The van der Waals surface area contributed by atoms with Crippen LogP contribution in [0.5, 0.6) is 0 Å². The zero-order chi connectivity index (χ0) is 15.8. The summed E-state index contributed by atoms with van der Waals surface area (Å²) in [4.78, 5) is 6.04. The zero-order valence-corrected chi connectivity index (χ0v) is 10.5. The fourth-order valence-corrected chi connectivity index (χ4v) is 1.55. The Hall–Kier alpha value is -2.03. The van der Waals surface area contributed by atoms with Crippen molar-refractivity contribution in [2.75, 3.05) is 5.32 Å². The third kappa shape index (κ3) is 3.54. The van der Waals surface area contributed by atoms with E-state index in [0.29, 0.717) is 6.07 Å². The first-order valence-corrected chi connectivity index (χ1v) is 5.58. The number of aromatic nitrogens is 2. The summed E-state index contributed by atoms with van der Waals surface area (Å²) < 4.78 is 76.6. The minimum absolute atomic E-state index is 0.241. The summed E-state index contributed by atoms with van der Waals surface area (Å²) in [6, 6.07) is 1.55. The maximum atomic E-state index is 13.4. The van der Waals surface area contributed by atoms with Gasteiger partial charge >= 0.3 is 6.18 Å². The molecule has 0 bridgehead atoms. The topological polar surface area (TPSA) is 37.8 Å². The second-order valence-corrected chi connectivity index (χ2v) is 4.16. The van der Waals surface area contributed by atoms with Crippen LogP contribution in [0.4, 0.5) is 37.8 Å². The maximum absolute atomic E-state index is 13.4. The lowest BCUT2D eigenvalue weighted by molar-refractivity contribution is -0.144. The molecule has 2 aromatic rings. The number of hydrogen-bond acceptors (Lipinski definition) is 3. The minimum atomic E-state index is -4.87. The zero-order valence-electron chi connectivity index (χ0n) is 9.77. The molecule has 112 valence electrons. The highest BCUT2D eigenvalue weighted by Gasteiger charge is 2.35. The molecule has 0 aliphatic carbocycles. The highest BCUT2D eigenvalue weighted by atomic mass is 35.5. The largest absolute Gasteiger partial charge is 0.451 e. The first-order valence-electron chi connectivity index (χ1n) is 5.20. The molecular formula is C11H4ClF6N3. The van der Waals surface area contributed by atoms with Crippen LogP contribution >= 0.6 is 11.6 Å². The monoisotopic (exact) mass is 327 g/mol. The third-order valence-electron chi connectivity index (χ3n) is 2.22. The normalized spacial score (nSPS) is 11.6. The maximum Gasteiger partial charge on any atom is 0.451 e. The van der Waals surface area contributed by atoms with Crippen molar-refractivity contribution in [1.29, 1.82) is 0 Å². The average Bonchev–Trinajstić information content (AvgIpc) is 2.34. The molecule has 1 aromatic carbocycles. The van der Waals surface area contributed by atoms with Gasteiger partial charge in [-0.3, -0.25) is 0 Å². The third-order valence-corrected chi connectivity index (χ3v) is 2.41. The second kappa shape index (κ2) is 5.40. The molecule has 0 atom stereocenters. The molecule has 1 heterocycles. The summed E-state index contributed by atoms with van der Waals surface area (Å²) in [5.74, 6) is -6.10. The van der Waals surface area contributed by atoms with Crippen LogP contribution in [-0.4, -0.2) is 9.97 Å². The Morgan fingerprint density at radius 2 is 1.52 bits per heavy atom. The van der Waals surface area contributed by atoms with Gasteiger partial charge in [0, 0.05) is 18.2 Å². The van der Waals surface area contributed by atoms with E-state index in [1.165, 1.54) is 0 Å². The van der Waals surface area contributed by atoms with Crippen LogP contribution in [0.1, 0.15) is 5.82 Å². The SMILES string of the molecule is Fc1cc(F)c(Nc2cc(Cl)nc(C(F)(F)F)n2)cc1F. The van der Waals surface area contributed by atoms with E-state index in [1.807, 2.05) is 0 Å². The smallest absolute Gasteiger partial charge is 0.338 e. The molecular weight excluding hydrogens is 324 g/mol. The lowest BCUT2D eigenvalue weighted by Gasteiger charge is -2.10. The molecule has 21 heavy (non-hydrogen) atoms. The predicted octanol–water partition coefficient (Wildman–Crippen LogP) is 4.31. The number of hydrogen-bond donors (Lipinski definition) is 1. The van der Waals surface area contributed by atoms with Crippen LogP contribution in [-0.2, 0) is 6.18 Å². The van der Waals surface area contributed by atoms with Crippen LogP contribution in [0, 0.1) is 17.5 Å². The fraction of sp³-hybridized carbons (Fsp3) is 0.0909. The van der Waals surface area contributed by atoms with E-state index in [1.54, 1.807) is 0 Å². The summed E-state index contributed by atoms with van der Waals surface area (Å²) >= 11 is 5.40. The van der Waals surface area contributed by atoms with Crippen molar-refractivity contribution < 1.29 is 26.3 Å². The molecule has 10 heteroatoms. The minimum Gasteiger partial charge on any atom is -0.338 e. The number of rotatable bonds is 2. The van der Waals surface area contributed by atoms with Gasteiger partial charge in [0.05, 0.1) is 5.69 Å². The molecule has 3 nitrogen and oxygen atoms in total. The van der Waals surface area contributed by atoms with E-state index in [9.17, 15) is 26.3 Å². The van der Waals surface area contributed by atoms with E-state index >= 15 is 0 Å². The molecule has 0 aliphatic rings. The summed E-state index contributed by atoms with van der Waals surface area (Å²) in [7, 11) is 0. The van der Waals surface area contributed by atoms with E-state index in [4.69, 9.17) is 11.6 Å². The van der Waals surface area contributed by atoms with Crippen LogP contribution in [0.25, 0.3) is 0 Å². The first kappa shape index (κ1) is 15.4. The van der Waals surface area contributed by atoms with Gasteiger partial charge in [-0.05, 0) is 0 Å². The summed E-state index contributed by atoms with van der Waals surface area (Å²) in [6.45, 7) is 0. The van der Waals surface area contributed by atoms with Gasteiger partial charge in [-0.25, -0.2) is 23.1 Å². The van der Waals surface area contributed by atoms with Crippen molar-refractivity contribution in [2.45, 2.75) is 6.18 Å². The fourth-order valence-electron chi connectivity index (χ4n) is 1.36. The molecule has 0 aliphatic heterocycles. The number of nitrogens with one attached hydrogen (secondary N) is 1. The second-order valence-electron chi connectivity index (χ2n) is 3.77. The number of halogens is 7. The Morgan fingerprint density at radius 3 is 2.14 bits per heavy atom. The van der Waals surface area contributed by atoms with Crippen LogP contribution in [0.15, 0.2) is 18.2 Å². The molecule has 0 amide bonds. The number of alkyl halides is 3. The average molecular weight is 328 g/mol. The van der Waals surface area contributed by atoms with Gasteiger partial charge in [-0.15, -0.1) is 0 Å². The summed E-state index contributed by atoms with van der Waals surface area (Å²) in [6.07, 6.45) is -4.87. The van der Waals surface area contributed by atoms with Crippen molar-refractivity contribution in [3.63, 3.8) is 0 Å². The van der Waals surface area contributed by atoms with Gasteiger partial charge in [0.2, 0.25) is 5.82 Å². The van der Waals surface area contributed by atoms with Crippen molar-refractivity contribution in [1.82, 2.24) is 9.97 Å². The van der Waals surface area contributed by atoms with Crippen molar-refractivity contribution in [3.8, 4) is 0 Å². The van der Waals surface area contributed by atoms with Gasteiger partial charge < -0.3 is 5.32 Å². The Bertz CT molecular complexity index is 688. The lowest BCUT2D eigenvalue weighted by atomic mass is 10.3. The van der Waals surface area contributed by atoms with Crippen LogP contribution in [0.3, 0.4) is 0 Å². The highest BCUT2D eigenvalue weighted by molar-refractivity contribution is 6.29. The number of anilines is 2. The van der Waals surface area contributed by atoms with Crippen molar-refractivity contribution in [3.05, 3.63) is 46.6 Å². The van der Waals surface area contributed by atoms with E-state index in [-0.39, 0.29) is 6.07 Å². The van der Waals surface area contributed by atoms with E-state index < -0.39 is 46.1 Å². The van der Waals surface area contributed by atoms with E-state index in [0.717, 1.165) is 6.07 Å². The van der Waals surface area contributed by atoms with Crippen molar-refractivity contribution in [2.24, 2.45) is 0 Å². The number of benzene rings is 1. The molecule has 0 fully saturated rings. The molecule has 1 N–H and O–H groups in total. The van der Waals surface area contributed by atoms with Crippen LogP contribution in [0.2, 0.25) is 5.15 Å². The molecule has 0 unspecified atom stereocenters. The molecule has 0 radical (unpaired) electrons. The molecule has 2 rings (SSSR count). The van der Waals surface area contributed by atoms with Crippen LogP contribution < -0.4 is 5.32 Å². The van der Waals surface area contributed by atoms with Gasteiger partial charge in [0.1, 0.15) is 16.8 Å². The Labute approximate surface area is 118 Å². The molecule has 1 aromatic heterocycles. The molecule has 0 spiro atoms. The van der Waals surface area contributed by atoms with Gasteiger partial charge in [0.25, 0.3) is 0 Å².